The van der Waals surface area contributed by atoms with Gasteiger partial charge in [-0.3, -0.25) is 4.79 Å². The van der Waals surface area contributed by atoms with Gasteiger partial charge >= 0.3 is 0 Å². The molecule has 0 bridgehead atoms. The van der Waals surface area contributed by atoms with Gasteiger partial charge in [-0.25, -0.2) is 4.98 Å². The zero-order chi connectivity index (χ0) is 14.5. The van der Waals surface area contributed by atoms with Crippen LogP contribution < -0.4 is 10.1 Å². The predicted molar refractivity (Wildman–Crippen MR) is 77.1 cm³/mol. The number of hydrogen-bond acceptors (Lipinski definition) is 3. The highest BCUT2D eigenvalue weighted by atomic mass is 35.5. The van der Waals surface area contributed by atoms with Crippen molar-refractivity contribution in [3.63, 3.8) is 0 Å². The third kappa shape index (κ3) is 3.88. The highest BCUT2D eigenvalue weighted by Gasteiger charge is 2.12. The molecule has 0 spiro atoms. The predicted octanol–water partition coefficient (Wildman–Crippen LogP) is 2.97. The Hall–Kier alpha value is -1.72. The molecule has 0 aliphatic rings. The molecule has 20 heavy (non-hydrogen) atoms. The van der Waals surface area contributed by atoms with Crippen molar-refractivity contribution in [1.29, 1.82) is 0 Å². The van der Waals surface area contributed by atoms with Crippen LogP contribution in [0.2, 0.25) is 10.0 Å². The van der Waals surface area contributed by atoms with E-state index in [0.717, 1.165) is 0 Å². The van der Waals surface area contributed by atoms with Gasteiger partial charge in [-0.15, -0.1) is 0 Å². The van der Waals surface area contributed by atoms with Gasteiger partial charge in [0.05, 0.1) is 16.1 Å². The van der Waals surface area contributed by atoms with E-state index in [0.29, 0.717) is 21.6 Å². The number of amides is 1. The quantitative estimate of drug-likeness (QED) is 0.891. The normalized spacial score (nSPS) is 11.9. The number of carbonyl (C=O) groups excluding carboxylic acids is 1. The van der Waals surface area contributed by atoms with Gasteiger partial charge in [0.25, 0.3) is 5.91 Å². The number of carbonyl (C=O) groups is 1. The molecular weight excluding hydrogens is 301 g/mol. The summed E-state index contributed by atoms with van der Waals surface area (Å²) in [5, 5.41) is 3.58. The van der Waals surface area contributed by atoms with Crippen LogP contribution in [0.15, 0.2) is 30.6 Å². The van der Waals surface area contributed by atoms with Gasteiger partial charge in [-0.2, -0.15) is 0 Å². The van der Waals surface area contributed by atoms with Crippen molar-refractivity contribution in [2.45, 2.75) is 13.0 Å². The molecule has 1 amide bonds. The molecule has 7 heteroatoms. The summed E-state index contributed by atoms with van der Waals surface area (Å²) in [5.74, 6) is 0.924. The number of benzene rings is 1. The van der Waals surface area contributed by atoms with Gasteiger partial charge in [0.2, 0.25) is 0 Å². The van der Waals surface area contributed by atoms with Crippen LogP contribution in [0.5, 0.6) is 5.75 Å². The van der Waals surface area contributed by atoms with Crippen LogP contribution in [-0.2, 0) is 4.79 Å². The number of H-pyrrole nitrogens is 1. The number of halogens is 2. The van der Waals surface area contributed by atoms with E-state index in [9.17, 15) is 4.79 Å². The SMILES string of the molecule is CC(NC(=O)COc1ccc(Cl)c(Cl)c1)c1ncc[nH]1. The molecule has 2 aromatic rings. The molecule has 1 heterocycles. The fourth-order valence-corrected chi connectivity index (χ4v) is 1.87. The fraction of sp³-hybridized carbons (Fsp3) is 0.231. The Balaban J connectivity index is 1.84. The second kappa shape index (κ2) is 6.63. The van der Waals surface area contributed by atoms with Crippen LogP contribution in [0.3, 0.4) is 0 Å². The van der Waals surface area contributed by atoms with Crippen molar-refractivity contribution >= 4 is 29.1 Å². The van der Waals surface area contributed by atoms with E-state index in [1.807, 2.05) is 6.92 Å². The molecule has 1 aromatic heterocycles. The summed E-state index contributed by atoms with van der Waals surface area (Å²) < 4.78 is 5.34. The summed E-state index contributed by atoms with van der Waals surface area (Å²) in [5.41, 5.74) is 0. The molecular formula is C13H13Cl2N3O2. The minimum atomic E-state index is -0.250. The fourth-order valence-electron chi connectivity index (χ4n) is 1.58. The monoisotopic (exact) mass is 313 g/mol. The first kappa shape index (κ1) is 14.7. The van der Waals surface area contributed by atoms with Gasteiger partial charge < -0.3 is 15.0 Å². The summed E-state index contributed by atoms with van der Waals surface area (Å²) in [6, 6.07) is 4.61. The molecule has 0 saturated carbocycles. The molecule has 1 atom stereocenters. The Morgan fingerprint density at radius 3 is 2.90 bits per heavy atom. The van der Waals surface area contributed by atoms with Crippen molar-refractivity contribution < 1.29 is 9.53 Å². The standard InChI is InChI=1S/C13H13Cl2N3O2/c1-8(13-16-4-5-17-13)18-12(19)7-20-9-2-3-10(14)11(15)6-9/h2-6,8H,7H2,1H3,(H,16,17)(H,18,19). The minimum absolute atomic E-state index is 0.108. The Labute approximate surface area is 126 Å². The number of imidazole rings is 1. The first-order chi connectivity index (χ1) is 9.56. The van der Waals surface area contributed by atoms with Crippen LogP contribution in [0.25, 0.3) is 0 Å². The number of nitrogens with one attached hydrogen (secondary N) is 2. The molecule has 0 aliphatic heterocycles. The maximum absolute atomic E-state index is 11.7. The Kier molecular flexibility index (Phi) is 4.87. The lowest BCUT2D eigenvalue weighted by molar-refractivity contribution is -0.123. The molecule has 2 rings (SSSR count). The van der Waals surface area contributed by atoms with Gasteiger partial charge in [-0.05, 0) is 19.1 Å². The Morgan fingerprint density at radius 1 is 1.45 bits per heavy atom. The summed E-state index contributed by atoms with van der Waals surface area (Å²) >= 11 is 11.6. The largest absolute Gasteiger partial charge is 0.484 e. The zero-order valence-corrected chi connectivity index (χ0v) is 12.2. The number of ether oxygens (including phenoxy) is 1. The molecule has 2 N–H and O–H groups in total. The first-order valence-corrected chi connectivity index (χ1v) is 6.68. The first-order valence-electron chi connectivity index (χ1n) is 5.92. The number of aromatic nitrogens is 2. The van der Waals surface area contributed by atoms with E-state index in [1.165, 1.54) is 0 Å². The van der Waals surface area contributed by atoms with E-state index < -0.39 is 0 Å². The number of rotatable bonds is 5. The van der Waals surface area contributed by atoms with Crippen molar-refractivity contribution in [3.05, 3.63) is 46.5 Å². The molecule has 0 radical (unpaired) electrons. The van der Waals surface area contributed by atoms with Gasteiger partial charge in [0.15, 0.2) is 6.61 Å². The van der Waals surface area contributed by atoms with Crippen molar-refractivity contribution in [2.24, 2.45) is 0 Å². The van der Waals surface area contributed by atoms with E-state index in [-0.39, 0.29) is 18.6 Å². The molecule has 5 nitrogen and oxygen atoms in total. The molecule has 0 fully saturated rings. The van der Waals surface area contributed by atoms with E-state index in [1.54, 1.807) is 30.6 Å². The summed E-state index contributed by atoms with van der Waals surface area (Å²) in [7, 11) is 0. The van der Waals surface area contributed by atoms with Crippen molar-refractivity contribution in [2.75, 3.05) is 6.61 Å². The van der Waals surface area contributed by atoms with Crippen LogP contribution in [0, 0.1) is 0 Å². The molecule has 1 unspecified atom stereocenters. The molecule has 0 aliphatic carbocycles. The van der Waals surface area contributed by atoms with Crippen molar-refractivity contribution in [1.82, 2.24) is 15.3 Å². The third-order valence-electron chi connectivity index (χ3n) is 2.57. The minimum Gasteiger partial charge on any atom is -0.484 e. The zero-order valence-electron chi connectivity index (χ0n) is 10.7. The van der Waals surface area contributed by atoms with Gasteiger partial charge in [-0.1, -0.05) is 23.2 Å². The number of aromatic amines is 1. The number of hydrogen-bond donors (Lipinski definition) is 2. The second-order valence-electron chi connectivity index (χ2n) is 4.13. The van der Waals surface area contributed by atoms with Crippen LogP contribution >= 0.6 is 23.2 Å². The topological polar surface area (TPSA) is 67.0 Å². The second-order valence-corrected chi connectivity index (χ2v) is 4.94. The third-order valence-corrected chi connectivity index (χ3v) is 3.31. The maximum atomic E-state index is 11.7. The number of nitrogens with zero attached hydrogens (tertiary/aromatic N) is 1. The highest BCUT2D eigenvalue weighted by molar-refractivity contribution is 6.42. The summed E-state index contributed by atoms with van der Waals surface area (Å²) in [6.07, 6.45) is 3.33. The molecule has 106 valence electrons. The average molecular weight is 314 g/mol. The van der Waals surface area contributed by atoms with E-state index >= 15 is 0 Å². The van der Waals surface area contributed by atoms with E-state index in [4.69, 9.17) is 27.9 Å². The Bertz CT molecular complexity index is 587. The van der Waals surface area contributed by atoms with Crippen molar-refractivity contribution in [3.8, 4) is 5.75 Å². The highest BCUT2D eigenvalue weighted by Crippen LogP contribution is 2.26. The summed E-state index contributed by atoms with van der Waals surface area (Å²) in [6.45, 7) is 1.72. The molecule has 1 aromatic carbocycles. The van der Waals surface area contributed by atoms with Crippen LogP contribution in [0.1, 0.15) is 18.8 Å². The maximum Gasteiger partial charge on any atom is 0.258 e. The lowest BCUT2D eigenvalue weighted by atomic mass is 10.3. The van der Waals surface area contributed by atoms with E-state index in [2.05, 4.69) is 15.3 Å². The Morgan fingerprint density at radius 2 is 2.25 bits per heavy atom. The van der Waals surface area contributed by atoms with Crippen LogP contribution in [-0.4, -0.2) is 22.5 Å². The summed E-state index contributed by atoms with van der Waals surface area (Å²) in [4.78, 5) is 18.7. The lowest BCUT2D eigenvalue weighted by Crippen LogP contribution is -2.31. The van der Waals surface area contributed by atoms with Gasteiger partial charge in [0.1, 0.15) is 11.6 Å². The average Bonchev–Trinajstić information content (AvgIpc) is 2.94. The smallest absolute Gasteiger partial charge is 0.258 e. The van der Waals surface area contributed by atoms with Crippen LogP contribution in [0.4, 0.5) is 0 Å². The molecule has 0 saturated heterocycles. The van der Waals surface area contributed by atoms with Gasteiger partial charge in [0, 0.05) is 18.5 Å². The lowest BCUT2D eigenvalue weighted by Gasteiger charge is -2.12.